The predicted octanol–water partition coefficient (Wildman–Crippen LogP) is 3.78. The van der Waals surface area contributed by atoms with Crippen molar-refractivity contribution in [2.24, 2.45) is 0 Å². The van der Waals surface area contributed by atoms with Crippen molar-refractivity contribution in [1.82, 2.24) is 0 Å². The van der Waals surface area contributed by atoms with E-state index in [9.17, 15) is 4.79 Å². The number of aryl methyl sites for hydroxylation is 1. The van der Waals surface area contributed by atoms with Crippen molar-refractivity contribution in [3.63, 3.8) is 0 Å². The van der Waals surface area contributed by atoms with Crippen LogP contribution < -0.4 is 10.4 Å². The van der Waals surface area contributed by atoms with Gasteiger partial charge in [-0.1, -0.05) is 42.5 Å². The zero-order valence-electron chi connectivity index (χ0n) is 11.3. The summed E-state index contributed by atoms with van der Waals surface area (Å²) in [6.45, 7) is 1.95. The predicted molar refractivity (Wildman–Crippen MR) is 79.2 cm³/mol. The van der Waals surface area contributed by atoms with Crippen molar-refractivity contribution in [3.05, 3.63) is 64.5 Å². The van der Waals surface area contributed by atoms with Crippen LogP contribution in [0.3, 0.4) is 0 Å². The summed E-state index contributed by atoms with van der Waals surface area (Å²) >= 11 is 0. The van der Waals surface area contributed by atoms with Crippen molar-refractivity contribution in [3.8, 4) is 17.1 Å². The maximum absolute atomic E-state index is 12.3. The van der Waals surface area contributed by atoms with Crippen LogP contribution in [0, 0.1) is 6.92 Å². The van der Waals surface area contributed by atoms with E-state index in [1.54, 1.807) is 13.2 Å². The Morgan fingerprint density at radius 3 is 2.45 bits per heavy atom. The molecule has 0 atom stereocenters. The first-order chi connectivity index (χ1) is 9.72. The Kier molecular flexibility index (Phi) is 3.03. The highest BCUT2D eigenvalue weighted by Crippen LogP contribution is 2.31. The molecule has 2 aromatic carbocycles. The van der Waals surface area contributed by atoms with Gasteiger partial charge in [0.1, 0.15) is 16.9 Å². The zero-order chi connectivity index (χ0) is 14.1. The summed E-state index contributed by atoms with van der Waals surface area (Å²) in [7, 11) is 1.55. The number of benzene rings is 2. The largest absolute Gasteiger partial charge is 0.496 e. The molecule has 1 heterocycles. The Labute approximate surface area is 116 Å². The molecule has 3 rings (SSSR count). The number of rotatable bonds is 2. The van der Waals surface area contributed by atoms with E-state index >= 15 is 0 Å². The van der Waals surface area contributed by atoms with Crippen LogP contribution in [-0.4, -0.2) is 7.11 Å². The third-order valence-electron chi connectivity index (χ3n) is 3.43. The van der Waals surface area contributed by atoms with E-state index in [1.165, 1.54) is 0 Å². The Balaban J connectivity index is 2.39. The van der Waals surface area contributed by atoms with E-state index < -0.39 is 0 Å². The van der Waals surface area contributed by atoms with E-state index in [0.717, 1.165) is 16.5 Å². The third-order valence-corrected chi connectivity index (χ3v) is 3.43. The third kappa shape index (κ3) is 1.88. The van der Waals surface area contributed by atoms with Crippen LogP contribution in [0.4, 0.5) is 0 Å². The van der Waals surface area contributed by atoms with Gasteiger partial charge in [0, 0.05) is 11.1 Å². The minimum Gasteiger partial charge on any atom is -0.496 e. The molecule has 0 saturated carbocycles. The van der Waals surface area contributed by atoms with Crippen molar-refractivity contribution in [1.29, 1.82) is 0 Å². The summed E-state index contributed by atoms with van der Waals surface area (Å²) in [4.78, 5) is 12.3. The van der Waals surface area contributed by atoms with E-state index in [-0.39, 0.29) is 5.63 Å². The van der Waals surface area contributed by atoms with Gasteiger partial charge in [-0.2, -0.15) is 0 Å². The molecule has 0 fully saturated rings. The smallest absolute Gasteiger partial charge is 0.347 e. The molecule has 3 nitrogen and oxygen atoms in total. The first-order valence-electron chi connectivity index (χ1n) is 6.38. The van der Waals surface area contributed by atoms with Crippen molar-refractivity contribution >= 4 is 10.8 Å². The number of methoxy groups -OCH3 is 1. The highest BCUT2D eigenvalue weighted by Gasteiger charge is 2.14. The van der Waals surface area contributed by atoms with Gasteiger partial charge in [-0.25, -0.2) is 4.79 Å². The molecule has 0 spiro atoms. The van der Waals surface area contributed by atoms with Crippen LogP contribution in [0.2, 0.25) is 0 Å². The average molecular weight is 266 g/mol. The normalized spacial score (nSPS) is 10.7. The monoisotopic (exact) mass is 266 g/mol. The molecule has 0 bridgehead atoms. The van der Waals surface area contributed by atoms with Gasteiger partial charge in [-0.15, -0.1) is 0 Å². The fraction of sp³-hybridized carbons (Fsp3) is 0.118. The molecule has 0 N–H and O–H groups in total. The lowest BCUT2D eigenvalue weighted by Crippen LogP contribution is -2.04. The Bertz CT molecular complexity index is 817. The Hall–Kier alpha value is -2.55. The molecule has 0 unspecified atom stereocenters. The molecule has 0 aliphatic rings. The second-order valence-electron chi connectivity index (χ2n) is 4.59. The van der Waals surface area contributed by atoms with Gasteiger partial charge in [-0.3, -0.25) is 0 Å². The summed E-state index contributed by atoms with van der Waals surface area (Å²) in [5, 5.41) is 1.35. The first kappa shape index (κ1) is 12.5. The van der Waals surface area contributed by atoms with E-state index in [0.29, 0.717) is 16.9 Å². The lowest BCUT2D eigenvalue weighted by Gasteiger charge is -2.10. The second kappa shape index (κ2) is 4.85. The molecule has 0 amide bonds. The van der Waals surface area contributed by atoms with Gasteiger partial charge < -0.3 is 9.15 Å². The van der Waals surface area contributed by atoms with Gasteiger partial charge >= 0.3 is 5.63 Å². The van der Waals surface area contributed by atoms with E-state index in [1.807, 2.05) is 49.4 Å². The molecule has 100 valence electrons. The highest BCUT2D eigenvalue weighted by molar-refractivity contribution is 5.92. The second-order valence-corrected chi connectivity index (χ2v) is 4.59. The summed E-state index contributed by atoms with van der Waals surface area (Å²) in [5.41, 5.74) is 1.46. The van der Waals surface area contributed by atoms with Gasteiger partial charge in [-0.05, 0) is 18.4 Å². The fourth-order valence-electron chi connectivity index (χ4n) is 2.43. The standard InChI is InChI=1S/C17H14O3/c1-11-13-9-6-10-14(19-2)15(13)17(18)20-16(11)12-7-4-3-5-8-12/h3-10H,1-2H3. The molecular formula is C17H14O3. The molecule has 1 aromatic heterocycles. The van der Waals surface area contributed by atoms with Gasteiger partial charge in [0.05, 0.1) is 7.11 Å². The zero-order valence-corrected chi connectivity index (χ0v) is 11.3. The summed E-state index contributed by atoms with van der Waals surface area (Å²) < 4.78 is 10.8. The first-order valence-corrected chi connectivity index (χ1v) is 6.38. The molecule has 0 saturated heterocycles. The molecule has 0 aliphatic heterocycles. The molecular weight excluding hydrogens is 252 g/mol. The molecule has 0 aliphatic carbocycles. The van der Waals surface area contributed by atoms with Crippen LogP contribution in [0.1, 0.15) is 5.56 Å². The number of hydrogen-bond acceptors (Lipinski definition) is 3. The lowest BCUT2D eigenvalue weighted by atomic mass is 10.0. The highest BCUT2D eigenvalue weighted by atomic mass is 16.5. The number of hydrogen-bond donors (Lipinski definition) is 0. The Morgan fingerprint density at radius 2 is 1.75 bits per heavy atom. The van der Waals surface area contributed by atoms with Gasteiger partial charge in [0.2, 0.25) is 0 Å². The minimum atomic E-state index is -0.373. The lowest BCUT2D eigenvalue weighted by molar-refractivity contribution is 0.417. The van der Waals surface area contributed by atoms with E-state index in [2.05, 4.69) is 0 Å². The van der Waals surface area contributed by atoms with Crippen LogP contribution in [0.25, 0.3) is 22.1 Å². The van der Waals surface area contributed by atoms with Crippen molar-refractivity contribution in [2.45, 2.75) is 6.92 Å². The van der Waals surface area contributed by atoms with E-state index in [4.69, 9.17) is 9.15 Å². The average Bonchev–Trinajstić information content (AvgIpc) is 2.51. The van der Waals surface area contributed by atoms with Gasteiger partial charge in [0.15, 0.2) is 0 Å². The maximum atomic E-state index is 12.3. The van der Waals surface area contributed by atoms with Crippen LogP contribution in [-0.2, 0) is 0 Å². The number of fused-ring (bicyclic) bond motifs is 1. The maximum Gasteiger partial charge on any atom is 0.347 e. The Morgan fingerprint density at radius 1 is 1.00 bits per heavy atom. The van der Waals surface area contributed by atoms with Crippen molar-refractivity contribution < 1.29 is 9.15 Å². The van der Waals surface area contributed by atoms with Crippen LogP contribution in [0.15, 0.2) is 57.7 Å². The van der Waals surface area contributed by atoms with Crippen LogP contribution in [0.5, 0.6) is 5.75 Å². The molecule has 3 heteroatoms. The topological polar surface area (TPSA) is 39.4 Å². The van der Waals surface area contributed by atoms with Crippen LogP contribution >= 0.6 is 0 Å². The molecule has 0 radical (unpaired) electrons. The summed E-state index contributed by atoms with van der Waals surface area (Å²) in [5.74, 6) is 1.15. The molecule has 20 heavy (non-hydrogen) atoms. The number of ether oxygens (including phenoxy) is 1. The van der Waals surface area contributed by atoms with Gasteiger partial charge in [0.25, 0.3) is 0 Å². The fourth-order valence-corrected chi connectivity index (χ4v) is 2.43. The summed E-state index contributed by atoms with van der Waals surface area (Å²) in [6.07, 6.45) is 0. The molecule has 3 aromatic rings. The quantitative estimate of drug-likeness (QED) is 0.708. The van der Waals surface area contributed by atoms with Crippen molar-refractivity contribution in [2.75, 3.05) is 7.11 Å². The summed E-state index contributed by atoms with van der Waals surface area (Å²) in [6, 6.07) is 15.2. The minimum absolute atomic E-state index is 0.373. The SMILES string of the molecule is COc1cccc2c(C)c(-c3ccccc3)oc(=O)c12.